The van der Waals surface area contributed by atoms with Gasteiger partial charge in [-0.05, 0) is 51.2 Å². The molecule has 0 aliphatic carbocycles. The van der Waals surface area contributed by atoms with E-state index in [1.807, 2.05) is 43.6 Å². The van der Waals surface area contributed by atoms with Crippen LogP contribution in [-0.2, 0) is 9.59 Å². The molecule has 1 aromatic rings. The van der Waals surface area contributed by atoms with Crippen LogP contribution in [0.5, 0.6) is 0 Å². The van der Waals surface area contributed by atoms with Gasteiger partial charge in [-0.3, -0.25) is 9.59 Å². The van der Waals surface area contributed by atoms with E-state index in [0.29, 0.717) is 11.3 Å². The number of carbonyl (C=O) groups excluding carboxylic acids is 2. The number of carbonyl (C=O) groups is 2. The molecule has 1 aliphatic heterocycles. The van der Waals surface area contributed by atoms with Gasteiger partial charge in [0, 0.05) is 17.6 Å². The van der Waals surface area contributed by atoms with Gasteiger partial charge in [0.1, 0.15) is 12.1 Å². The van der Waals surface area contributed by atoms with Gasteiger partial charge < -0.3 is 9.80 Å². The standard InChI is InChI=1S/C23H37N2O2P/c1-14(2)24-21(25(15(3)4)23(27)18(9)22(24)26)19-12-10-11-13-20(19)28(16(5)6)17(7)8/h10-18,21H,1-9H3. The van der Waals surface area contributed by atoms with E-state index in [1.54, 1.807) is 6.92 Å². The van der Waals surface area contributed by atoms with Gasteiger partial charge in [-0.2, -0.15) is 0 Å². The fraction of sp³-hybridized carbons (Fsp3) is 0.652. The van der Waals surface area contributed by atoms with Crippen molar-refractivity contribution in [1.82, 2.24) is 9.80 Å². The number of benzene rings is 1. The maximum Gasteiger partial charge on any atom is 0.237 e. The van der Waals surface area contributed by atoms with Crippen LogP contribution in [0.4, 0.5) is 0 Å². The van der Waals surface area contributed by atoms with Crippen LogP contribution in [0.1, 0.15) is 74.0 Å². The minimum absolute atomic E-state index is 0.0201. The molecule has 4 nitrogen and oxygen atoms in total. The Kier molecular flexibility index (Phi) is 7.31. The lowest BCUT2D eigenvalue weighted by atomic mass is 9.96. The lowest BCUT2D eigenvalue weighted by Gasteiger charge is -2.50. The highest BCUT2D eigenvalue weighted by atomic mass is 31.1. The van der Waals surface area contributed by atoms with Gasteiger partial charge in [0.15, 0.2) is 0 Å². The van der Waals surface area contributed by atoms with E-state index in [2.05, 4.69) is 45.9 Å². The fourth-order valence-corrected chi connectivity index (χ4v) is 7.45. The largest absolute Gasteiger partial charge is 0.315 e. The Morgan fingerprint density at radius 3 is 1.61 bits per heavy atom. The summed E-state index contributed by atoms with van der Waals surface area (Å²) in [5.41, 5.74) is 2.18. The van der Waals surface area contributed by atoms with Gasteiger partial charge in [-0.15, -0.1) is 0 Å². The Hall–Kier alpha value is -1.41. The first-order chi connectivity index (χ1) is 13.0. The zero-order valence-corrected chi connectivity index (χ0v) is 19.8. The first-order valence-electron chi connectivity index (χ1n) is 10.5. The van der Waals surface area contributed by atoms with Gasteiger partial charge in [0.2, 0.25) is 11.8 Å². The maximum absolute atomic E-state index is 13.2. The van der Waals surface area contributed by atoms with Crippen molar-refractivity contribution in [3.8, 4) is 0 Å². The number of nitrogens with zero attached hydrogens (tertiary/aromatic N) is 2. The Labute approximate surface area is 172 Å². The number of hydrogen-bond donors (Lipinski definition) is 0. The average Bonchev–Trinajstić information content (AvgIpc) is 2.58. The topological polar surface area (TPSA) is 40.6 Å². The van der Waals surface area contributed by atoms with E-state index in [9.17, 15) is 9.59 Å². The van der Waals surface area contributed by atoms with Crippen LogP contribution in [0, 0.1) is 5.92 Å². The van der Waals surface area contributed by atoms with Crippen molar-refractivity contribution in [2.24, 2.45) is 5.92 Å². The van der Waals surface area contributed by atoms with Gasteiger partial charge in [-0.1, -0.05) is 59.9 Å². The summed E-state index contributed by atoms with van der Waals surface area (Å²) in [6.07, 6.45) is -0.338. The summed E-state index contributed by atoms with van der Waals surface area (Å²) < 4.78 is 0. The van der Waals surface area contributed by atoms with Gasteiger partial charge in [0.25, 0.3) is 0 Å². The van der Waals surface area contributed by atoms with E-state index < -0.39 is 13.8 Å². The zero-order valence-electron chi connectivity index (χ0n) is 18.9. The molecule has 2 rings (SSSR count). The summed E-state index contributed by atoms with van der Waals surface area (Å²) >= 11 is 0. The third-order valence-corrected chi connectivity index (χ3v) is 8.68. The second kappa shape index (κ2) is 8.95. The molecule has 0 bridgehead atoms. The predicted molar refractivity (Wildman–Crippen MR) is 119 cm³/mol. The fourth-order valence-electron chi connectivity index (χ4n) is 4.40. The molecule has 0 spiro atoms. The van der Waals surface area contributed by atoms with E-state index in [4.69, 9.17) is 0 Å². The molecule has 1 fully saturated rings. The van der Waals surface area contributed by atoms with Crippen LogP contribution in [0.2, 0.25) is 0 Å². The normalized spacial score (nSPS) is 21.2. The second-order valence-electron chi connectivity index (χ2n) is 8.93. The highest BCUT2D eigenvalue weighted by molar-refractivity contribution is 7.67. The monoisotopic (exact) mass is 404 g/mol. The predicted octanol–water partition coefficient (Wildman–Crippen LogP) is 4.73. The second-order valence-corrected chi connectivity index (χ2v) is 12.3. The molecule has 0 radical (unpaired) electrons. The molecule has 28 heavy (non-hydrogen) atoms. The smallest absolute Gasteiger partial charge is 0.237 e. The quantitative estimate of drug-likeness (QED) is 0.508. The summed E-state index contributed by atoms with van der Waals surface area (Å²) in [5, 5.41) is 1.32. The molecular weight excluding hydrogens is 367 g/mol. The highest BCUT2D eigenvalue weighted by Crippen LogP contribution is 2.48. The van der Waals surface area contributed by atoms with Crippen molar-refractivity contribution in [2.45, 2.75) is 91.9 Å². The number of hydrogen-bond acceptors (Lipinski definition) is 2. The van der Waals surface area contributed by atoms with Crippen molar-refractivity contribution in [2.75, 3.05) is 0 Å². The molecular formula is C23H37N2O2P. The Morgan fingerprint density at radius 2 is 1.21 bits per heavy atom. The lowest BCUT2D eigenvalue weighted by Crippen LogP contribution is -2.61. The van der Waals surface area contributed by atoms with Crippen molar-refractivity contribution >= 4 is 25.0 Å². The summed E-state index contributed by atoms with van der Waals surface area (Å²) in [4.78, 5) is 30.2. The summed E-state index contributed by atoms with van der Waals surface area (Å²) in [6.45, 7) is 19.0. The van der Waals surface area contributed by atoms with Gasteiger partial charge in [0.05, 0.1) is 0 Å². The SMILES string of the molecule is CC1C(=O)N(C(C)C)C(c2ccccc2P(C(C)C)C(C)C)N(C(C)C)C1=O. The molecule has 0 aromatic heterocycles. The van der Waals surface area contributed by atoms with Crippen LogP contribution >= 0.6 is 7.92 Å². The van der Waals surface area contributed by atoms with Crippen molar-refractivity contribution < 1.29 is 9.59 Å². The summed E-state index contributed by atoms with van der Waals surface area (Å²) in [5.74, 6) is -0.741. The molecule has 0 saturated carbocycles. The van der Waals surface area contributed by atoms with E-state index in [1.165, 1.54) is 5.30 Å². The minimum Gasteiger partial charge on any atom is -0.315 e. The third kappa shape index (κ3) is 4.13. The van der Waals surface area contributed by atoms with Gasteiger partial charge >= 0.3 is 0 Å². The van der Waals surface area contributed by atoms with Crippen LogP contribution in [0.25, 0.3) is 0 Å². The first-order valence-corrected chi connectivity index (χ1v) is 12.0. The zero-order chi connectivity index (χ0) is 21.3. The van der Waals surface area contributed by atoms with Gasteiger partial charge in [-0.25, -0.2) is 0 Å². The molecule has 0 N–H and O–H groups in total. The van der Waals surface area contributed by atoms with E-state index >= 15 is 0 Å². The molecule has 156 valence electrons. The van der Waals surface area contributed by atoms with Crippen LogP contribution in [-0.4, -0.2) is 45.0 Å². The summed E-state index contributed by atoms with van der Waals surface area (Å²) in [6, 6.07) is 8.51. The highest BCUT2D eigenvalue weighted by Gasteiger charge is 2.47. The number of amides is 2. The van der Waals surface area contributed by atoms with E-state index in [0.717, 1.165) is 5.56 Å². The van der Waals surface area contributed by atoms with Crippen LogP contribution in [0.3, 0.4) is 0 Å². The minimum atomic E-state index is -0.620. The van der Waals surface area contributed by atoms with Crippen LogP contribution in [0.15, 0.2) is 24.3 Å². The van der Waals surface area contributed by atoms with Crippen LogP contribution < -0.4 is 5.30 Å². The first kappa shape index (κ1) is 22.9. The molecule has 1 aliphatic rings. The maximum atomic E-state index is 13.2. The summed E-state index contributed by atoms with van der Waals surface area (Å²) in [7, 11) is -0.412. The Balaban J connectivity index is 2.74. The Morgan fingerprint density at radius 1 is 0.786 bits per heavy atom. The molecule has 1 saturated heterocycles. The molecule has 0 atom stereocenters. The average molecular weight is 405 g/mol. The molecule has 0 unspecified atom stereocenters. The third-order valence-electron chi connectivity index (χ3n) is 5.50. The molecule has 1 heterocycles. The lowest BCUT2D eigenvalue weighted by molar-refractivity contribution is -0.170. The van der Waals surface area contributed by atoms with Crippen molar-refractivity contribution in [3.05, 3.63) is 29.8 Å². The Bertz CT molecular complexity index is 678. The van der Waals surface area contributed by atoms with E-state index in [-0.39, 0.29) is 30.1 Å². The number of rotatable bonds is 6. The van der Waals surface area contributed by atoms with Crippen molar-refractivity contribution in [1.29, 1.82) is 0 Å². The molecule has 5 heteroatoms. The molecule has 1 aromatic carbocycles. The molecule has 2 amide bonds. The van der Waals surface area contributed by atoms with Crippen molar-refractivity contribution in [3.63, 3.8) is 0 Å².